The molecule has 0 atom stereocenters. The zero-order chi connectivity index (χ0) is 14.1. The maximum atomic E-state index is 11.6. The molecule has 0 aromatic carbocycles. The highest BCUT2D eigenvalue weighted by molar-refractivity contribution is 7.99. The van der Waals surface area contributed by atoms with Gasteiger partial charge in [0.1, 0.15) is 6.33 Å². The summed E-state index contributed by atoms with van der Waals surface area (Å²) < 4.78 is 6.95. The van der Waals surface area contributed by atoms with Crippen molar-refractivity contribution in [3.05, 3.63) is 6.33 Å². The SMILES string of the molecule is COCCCn1cnnc1SCC(=O)NCC(C)C. The molecule has 19 heavy (non-hydrogen) atoms. The van der Waals surface area contributed by atoms with Gasteiger partial charge in [0.25, 0.3) is 0 Å². The summed E-state index contributed by atoms with van der Waals surface area (Å²) in [6.07, 6.45) is 2.59. The van der Waals surface area contributed by atoms with E-state index in [-0.39, 0.29) is 5.91 Å². The van der Waals surface area contributed by atoms with Gasteiger partial charge in [-0.1, -0.05) is 25.6 Å². The van der Waals surface area contributed by atoms with E-state index in [1.807, 2.05) is 4.57 Å². The molecule has 0 aliphatic heterocycles. The second-order valence-corrected chi connectivity index (χ2v) is 5.58. The number of hydrogen-bond acceptors (Lipinski definition) is 5. The summed E-state index contributed by atoms with van der Waals surface area (Å²) in [5.74, 6) is 0.868. The highest BCUT2D eigenvalue weighted by atomic mass is 32.2. The van der Waals surface area contributed by atoms with Gasteiger partial charge in [0, 0.05) is 26.8 Å². The maximum absolute atomic E-state index is 11.6. The van der Waals surface area contributed by atoms with Crippen LogP contribution in [-0.2, 0) is 16.1 Å². The number of carbonyl (C=O) groups excluding carboxylic acids is 1. The van der Waals surface area contributed by atoms with Gasteiger partial charge in [-0.25, -0.2) is 0 Å². The van der Waals surface area contributed by atoms with E-state index in [2.05, 4.69) is 29.4 Å². The number of thioether (sulfide) groups is 1. The Balaban J connectivity index is 2.32. The van der Waals surface area contributed by atoms with Gasteiger partial charge in [-0.05, 0) is 12.3 Å². The Morgan fingerprint density at radius 3 is 3.05 bits per heavy atom. The summed E-state index contributed by atoms with van der Waals surface area (Å²) >= 11 is 1.41. The molecule has 0 aliphatic rings. The summed E-state index contributed by atoms with van der Waals surface area (Å²) in [5.41, 5.74) is 0. The Morgan fingerprint density at radius 2 is 2.37 bits per heavy atom. The fraction of sp³-hybridized carbons (Fsp3) is 0.750. The number of carbonyl (C=O) groups is 1. The molecule has 0 unspecified atom stereocenters. The molecule has 0 saturated heterocycles. The van der Waals surface area contributed by atoms with Crippen molar-refractivity contribution in [3.63, 3.8) is 0 Å². The van der Waals surface area contributed by atoms with Gasteiger partial charge >= 0.3 is 0 Å². The van der Waals surface area contributed by atoms with E-state index in [1.54, 1.807) is 13.4 Å². The summed E-state index contributed by atoms with van der Waals surface area (Å²) in [4.78, 5) is 11.6. The Hall–Kier alpha value is -1.08. The molecule has 1 N–H and O–H groups in total. The first kappa shape index (κ1) is 16.0. The molecular weight excluding hydrogens is 264 g/mol. The Labute approximate surface area is 118 Å². The van der Waals surface area contributed by atoms with Crippen LogP contribution in [-0.4, -0.2) is 46.7 Å². The lowest BCUT2D eigenvalue weighted by atomic mass is 10.2. The number of amides is 1. The number of aryl methyl sites for hydroxylation is 1. The van der Waals surface area contributed by atoms with Crippen molar-refractivity contribution >= 4 is 17.7 Å². The molecule has 0 radical (unpaired) electrons. The van der Waals surface area contributed by atoms with Crippen LogP contribution in [0.15, 0.2) is 11.5 Å². The highest BCUT2D eigenvalue weighted by Gasteiger charge is 2.08. The fourth-order valence-electron chi connectivity index (χ4n) is 1.39. The predicted molar refractivity (Wildman–Crippen MR) is 75.1 cm³/mol. The zero-order valence-electron chi connectivity index (χ0n) is 11.8. The number of nitrogens with one attached hydrogen (secondary N) is 1. The molecule has 0 spiro atoms. The normalized spacial score (nSPS) is 10.9. The van der Waals surface area contributed by atoms with Crippen LogP contribution in [0.3, 0.4) is 0 Å². The summed E-state index contributed by atoms with van der Waals surface area (Å²) in [7, 11) is 1.68. The second kappa shape index (κ2) is 8.92. The van der Waals surface area contributed by atoms with E-state index in [0.29, 0.717) is 24.8 Å². The van der Waals surface area contributed by atoms with E-state index >= 15 is 0 Å². The smallest absolute Gasteiger partial charge is 0.230 e. The monoisotopic (exact) mass is 286 g/mol. The molecule has 1 rings (SSSR count). The lowest BCUT2D eigenvalue weighted by Crippen LogP contribution is -2.28. The molecule has 0 saturated carbocycles. The number of rotatable bonds is 9. The Morgan fingerprint density at radius 1 is 1.58 bits per heavy atom. The number of aromatic nitrogens is 3. The van der Waals surface area contributed by atoms with Crippen LogP contribution in [0.2, 0.25) is 0 Å². The number of nitrogens with zero attached hydrogens (tertiary/aromatic N) is 3. The Kier molecular flexibility index (Phi) is 7.50. The minimum absolute atomic E-state index is 0.0325. The van der Waals surface area contributed by atoms with Crippen LogP contribution in [0, 0.1) is 5.92 Å². The molecule has 0 fully saturated rings. The van der Waals surface area contributed by atoms with Crippen LogP contribution in [0.25, 0.3) is 0 Å². The fourth-order valence-corrected chi connectivity index (χ4v) is 2.16. The van der Waals surface area contributed by atoms with Gasteiger partial charge in [-0.15, -0.1) is 10.2 Å². The van der Waals surface area contributed by atoms with Crippen LogP contribution < -0.4 is 5.32 Å². The van der Waals surface area contributed by atoms with Crippen LogP contribution >= 0.6 is 11.8 Å². The van der Waals surface area contributed by atoms with Crippen LogP contribution in [0.1, 0.15) is 20.3 Å². The topological polar surface area (TPSA) is 69.0 Å². The predicted octanol–water partition coefficient (Wildman–Crippen LogP) is 1.18. The van der Waals surface area contributed by atoms with Crippen molar-refractivity contribution in [3.8, 4) is 0 Å². The first-order valence-electron chi connectivity index (χ1n) is 6.39. The largest absolute Gasteiger partial charge is 0.385 e. The van der Waals surface area contributed by atoms with Gasteiger partial charge in [-0.3, -0.25) is 4.79 Å². The molecule has 1 amide bonds. The summed E-state index contributed by atoms with van der Waals surface area (Å²) in [5, 5.41) is 11.5. The third-order valence-corrected chi connectivity index (χ3v) is 3.35. The van der Waals surface area contributed by atoms with E-state index in [4.69, 9.17) is 4.74 Å². The van der Waals surface area contributed by atoms with Crippen LogP contribution in [0.4, 0.5) is 0 Å². The Bertz CT molecular complexity index is 382. The number of ether oxygens (including phenoxy) is 1. The van der Waals surface area contributed by atoms with Crippen molar-refractivity contribution in [1.29, 1.82) is 0 Å². The van der Waals surface area contributed by atoms with Crippen molar-refractivity contribution in [2.45, 2.75) is 32.0 Å². The zero-order valence-corrected chi connectivity index (χ0v) is 12.6. The number of methoxy groups -OCH3 is 1. The van der Waals surface area contributed by atoms with E-state index in [9.17, 15) is 4.79 Å². The van der Waals surface area contributed by atoms with Crippen molar-refractivity contribution in [2.24, 2.45) is 5.92 Å². The second-order valence-electron chi connectivity index (χ2n) is 4.64. The lowest BCUT2D eigenvalue weighted by molar-refractivity contribution is -0.118. The first-order valence-corrected chi connectivity index (χ1v) is 7.38. The van der Waals surface area contributed by atoms with E-state index < -0.39 is 0 Å². The van der Waals surface area contributed by atoms with Gasteiger partial charge < -0.3 is 14.6 Å². The highest BCUT2D eigenvalue weighted by Crippen LogP contribution is 2.14. The molecule has 1 heterocycles. The molecular formula is C12H22N4O2S. The summed E-state index contributed by atoms with van der Waals surface area (Å²) in [6, 6.07) is 0. The van der Waals surface area contributed by atoms with E-state index in [0.717, 1.165) is 18.1 Å². The lowest BCUT2D eigenvalue weighted by Gasteiger charge is -2.08. The van der Waals surface area contributed by atoms with Crippen LogP contribution in [0.5, 0.6) is 0 Å². The third-order valence-electron chi connectivity index (χ3n) is 2.37. The molecule has 7 heteroatoms. The number of hydrogen-bond donors (Lipinski definition) is 1. The first-order chi connectivity index (χ1) is 9.13. The molecule has 0 aliphatic carbocycles. The van der Waals surface area contributed by atoms with Crippen molar-refractivity contribution < 1.29 is 9.53 Å². The molecule has 0 bridgehead atoms. The van der Waals surface area contributed by atoms with E-state index in [1.165, 1.54) is 11.8 Å². The molecule has 108 valence electrons. The standard InChI is InChI=1S/C12H22N4O2S/c1-10(2)7-13-11(17)8-19-12-15-14-9-16(12)5-4-6-18-3/h9-10H,4-8H2,1-3H3,(H,13,17). The van der Waals surface area contributed by atoms with Gasteiger partial charge in [0.2, 0.25) is 5.91 Å². The molecule has 1 aromatic rings. The molecule has 1 aromatic heterocycles. The van der Waals surface area contributed by atoms with Crippen molar-refractivity contribution in [1.82, 2.24) is 20.1 Å². The third kappa shape index (κ3) is 6.58. The minimum atomic E-state index is 0.0325. The average Bonchev–Trinajstić information content (AvgIpc) is 2.82. The van der Waals surface area contributed by atoms with Gasteiger partial charge in [-0.2, -0.15) is 0 Å². The van der Waals surface area contributed by atoms with Gasteiger partial charge in [0.15, 0.2) is 5.16 Å². The van der Waals surface area contributed by atoms with Crippen molar-refractivity contribution in [2.75, 3.05) is 26.0 Å². The summed E-state index contributed by atoms with van der Waals surface area (Å²) in [6.45, 7) is 6.35. The minimum Gasteiger partial charge on any atom is -0.385 e. The molecule has 6 nitrogen and oxygen atoms in total. The quantitative estimate of drug-likeness (QED) is 0.545. The average molecular weight is 286 g/mol. The maximum Gasteiger partial charge on any atom is 0.230 e. The van der Waals surface area contributed by atoms with Gasteiger partial charge in [0.05, 0.1) is 5.75 Å².